The van der Waals surface area contributed by atoms with Crippen molar-refractivity contribution >= 4 is 17.6 Å². The van der Waals surface area contributed by atoms with Gasteiger partial charge in [0.15, 0.2) is 0 Å². The number of phenols is 1. The van der Waals surface area contributed by atoms with E-state index < -0.39 is 0 Å². The number of nitrogens with one attached hydrogen (secondary N) is 2. The fourth-order valence-corrected chi connectivity index (χ4v) is 3.84. The highest BCUT2D eigenvalue weighted by Crippen LogP contribution is 2.42. The first kappa shape index (κ1) is 22.6. The Balaban J connectivity index is 1.57. The van der Waals surface area contributed by atoms with Gasteiger partial charge in [0.05, 0.1) is 11.4 Å². The number of aromatic nitrogens is 2. The van der Waals surface area contributed by atoms with E-state index in [1.54, 1.807) is 12.1 Å². The van der Waals surface area contributed by atoms with E-state index in [2.05, 4.69) is 15.7 Å². The van der Waals surface area contributed by atoms with Gasteiger partial charge in [-0.15, -0.1) is 0 Å². The molecule has 2 amide bonds. The highest BCUT2D eigenvalue weighted by molar-refractivity contribution is 5.92. The minimum Gasteiger partial charge on any atom is -0.507 e. The first-order valence-corrected chi connectivity index (χ1v) is 11.4. The Morgan fingerprint density at radius 2 is 1.94 bits per heavy atom. The summed E-state index contributed by atoms with van der Waals surface area (Å²) in [7, 11) is 0. The lowest BCUT2D eigenvalue weighted by atomic mass is 10.1. The van der Waals surface area contributed by atoms with E-state index in [1.807, 2.05) is 51.1 Å². The molecule has 4 rings (SSSR count). The lowest BCUT2D eigenvalue weighted by Gasteiger charge is -2.09. The molecule has 0 saturated heterocycles. The van der Waals surface area contributed by atoms with Crippen molar-refractivity contribution in [2.24, 2.45) is 5.92 Å². The number of aromatic hydroxyl groups is 1. The van der Waals surface area contributed by atoms with Gasteiger partial charge >= 0.3 is 6.03 Å². The summed E-state index contributed by atoms with van der Waals surface area (Å²) >= 11 is 0. The molecule has 1 heterocycles. The molecule has 1 fully saturated rings. The van der Waals surface area contributed by atoms with Crippen LogP contribution < -0.4 is 10.6 Å². The van der Waals surface area contributed by atoms with Crippen LogP contribution in [-0.2, 0) is 11.3 Å². The molecule has 0 radical (unpaired) electrons. The third kappa shape index (κ3) is 5.61. The summed E-state index contributed by atoms with van der Waals surface area (Å²) < 4.78 is 1.41. The van der Waals surface area contributed by atoms with Gasteiger partial charge in [0, 0.05) is 30.1 Å². The second-order valence-electron chi connectivity index (χ2n) is 9.17. The van der Waals surface area contributed by atoms with E-state index in [1.165, 1.54) is 10.7 Å². The highest BCUT2D eigenvalue weighted by Gasteiger charge is 2.30. The van der Waals surface area contributed by atoms with Crippen molar-refractivity contribution < 1.29 is 14.7 Å². The number of nitrogens with zero attached hydrogens (tertiary/aromatic N) is 2. The molecule has 0 bridgehead atoms. The van der Waals surface area contributed by atoms with Crippen LogP contribution in [-0.4, -0.2) is 26.8 Å². The lowest BCUT2D eigenvalue weighted by molar-refractivity contribution is -0.116. The molecule has 1 aliphatic rings. The Hall–Kier alpha value is -3.61. The van der Waals surface area contributed by atoms with E-state index in [0.717, 1.165) is 29.7 Å². The zero-order chi connectivity index (χ0) is 23.5. The van der Waals surface area contributed by atoms with Gasteiger partial charge in [-0.05, 0) is 55.5 Å². The van der Waals surface area contributed by atoms with E-state index in [4.69, 9.17) is 0 Å². The van der Waals surface area contributed by atoms with Crippen LogP contribution in [0, 0.1) is 12.8 Å². The van der Waals surface area contributed by atoms with Crippen molar-refractivity contribution in [3.63, 3.8) is 0 Å². The molecule has 7 nitrogen and oxygen atoms in total. The molecule has 3 N–H and O–H groups in total. The number of rotatable bonds is 7. The van der Waals surface area contributed by atoms with E-state index >= 15 is 0 Å². The largest absolute Gasteiger partial charge is 0.507 e. The van der Waals surface area contributed by atoms with Crippen molar-refractivity contribution in [1.82, 2.24) is 15.1 Å². The summed E-state index contributed by atoms with van der Waals surface area (Å²) in [5.74, 6) is 0.495. The molecular formula is C26H30N4O3. The fraction of sp³-hybridized carbons (Fsp3) is 0.346. The van der Waals surface area contributed by atoms with Gasteiger partial charge in [0.2, 0.25) is 5.91 Å². The molecule has 3 aromatic rings. The standard InChI is InChI=1S/C26H30N4O3/c1-16(2)11-25(32)28-20-9-10-24(31)21(13-20)22-14-23(19-7-8-19)30(29-22)26(33)27-15-18-6-4-5-17(3)12-18/h4-6,9-10,12-14,16,19,31H,7-8,11,15H2,1-3H3,(H,27,33)(H,28,32). The number of benzene rings is 2. The van der Waals surface area contributed by atoms with Crippen LogP contribution in [0.5, 0.6) is 5.75 Å². The van der Waals surface area contributed by atoms with Crippen LogP contribution in [0.1, 0.15) is 55.8 Å². The summed E-state index contributed by atoms with van der Waals surface area (Å²) in [5, 5.41) is 20.8. The Bertz CT molecular complexity index is 1180. The molecule has 0 spiro atoms. The minimum absolute atomic E-state index is 0.0454. The van der Waals surface area contributed by atoms with Crippen LogP contribution in [0.25, 0.3) is 11.3 Å². The van der Waals surface area contributed by atoms with Crippen molar-refractivity contribution in [3.8, 4) is 17.0 Å². The number of hydrogen-bond donors (Lipinski definition) is 3. The lowest BCUT2D eigenvalue weighted by Crippen LogP contribution is -2.30. The Labute approximate surface area is 193 Å². The molecule has 1 saturated carbocycles. The average Bonchev–Trinajstić information content (AvgIpc) is 3.51. The average molecular weight is 447 g/mol. The number of carbonyl (C=O) groups excluding carboxylic acids is 2. The predicted molar refractivity (Wildman–Crippen MR) is 128 cm³/mol. The van der Waals surface area contributed by atoms with E-state index in [0.29, 0.717) is 29.9 Å². The second-order valence-corrected chi connectivity index (χ2v) is 9.17. The molecule has 0 unspecified atom stereocenters. The molecular weight excluding hydrogens is 416 g/mol. The summed E-state index contributed by atoms with van der Waals surface area (Å²) in [5.41, 5.74) is 4.55. The molecule has 2 aromatic carbocycles. The third-order valence-electron chi connectivity index (χ3n) is 5.60. The van der Waals surface area contributed by atoms with Crippen LogP contribution in [0.15, 0.2) is 48.5 Å². The molecule has 172 valence electrons. The number of phenolic OH excluding ortho intramolecular Hbond substituents is 1. The topological polar surface area (TPSA) is 96.3 Å². The normalized spacial score (nSPS) is 13.2. The van der Waals surface area contributed by atoms with Gasteiger partial charge in [-0.2, -0.15) is 9.78 Å². The van der Waals surface area contributed by atoms with Crippen molar-refractivity contribution in [2.75, 3.05) is 5.32 Å². The van der Waals surface area contributed by atoms with Gasteiger partial charge in [-0.3, -0.25) is 4.79 Å². The van der Waals surface area contributed by atoms with Gasteiger partial charge in [0.1, 0.15) is 5.75 Å². The second kappa shape index (κ2) is 9.48. The SMILES string of the molecule is Cc1cccc(CNC(=O)n2nc(-c3cc(NC(=O)CC(C)C)ccc3O)cc2C2CC2)c1. The molecule has 1 aromatic heterocycles. The number of aryl methyl sites for hydroxylation is 1. The maximum atomic E-state index is 13.0. The smallest absolute Gasteiger partial charge is 0.342 e. The minimum atomic E-state index is -0.300. The third-order valence-corrected chi connectivity index (χ3v) is 5.60. The van der Waals surface area contributed by atoms with Gasteiger partial charge in [0.25, 0.3) is 0 Å². The van der Waals surface area contributed by atoms with Gasteiger partial charge < -0.3 is 15.7 Å². The summed E-state index contributed by atoms with van der Waals surface area (Å²) in [4.78, 5) is 25.1. The quantitative estimate of drug-likeness (QED) is 0.436. The number of anilines is 1. The monoisotopic (exact) mass is 446 g/mol. The molecule has 0 atom stereocenters. The van der Waals surface area contributed by atoms with Crippen LogP contribution in [0.3, 0.4) is 0 Å². The van der Waals surface area contributed by atoms with Crippen LogP contribution in [0.4, 0.5) is 10.5 Å². The van der Waals surface area contributed by atoms with Gasteiger partial charge in [-0.25, -0.2) is 4.79 Å². The molecule has 33 heavy (non-hydrogen) atoms. The molecule has 1 aliphatic carbocycles. The first-order chi connectivity index (χ1) is 15.8. The Morgan fingerprint density at radius 3 is 2.64 bits per heavy atom. The number of carbonyl (C=O) groups is 2. The summed E-state index contributed by atoms with van der Waals surface area (Å²) in [6.07, 6.45) is 2.43. The van der Waals surface area contributed by atoms with E-state index in [9.17, 15) is 14.7 Å². The van der Waals surface area contributed by atoms with Crippen molar-refractivity contribution in [1.29, 1.82) is 0 Å². The summed E-state index contributed by atoms with van der Waals surface area (Å²) in [6, 6.07) is 14.4. The van der Waals surface area contributed by atoms with E-state index in [-0.39, 0.29) is 29.5 Å². The number of hydrogen-bond acceptors (Lipinski definition) is 4. The van der Waals surface area contributed by atoms with Crippen LogP contribution in [0.2, 0.25) is 0 Å². The number of amides is 2. The Morgan fingerprint density at radius 1 is 1.15 bits per heavy atom. The summed E-state index contributed by atoms with van der Waals surface area (Å²) in [6.45, 7) is 6.39. The zero-order valence-corrected chi connectivity index (χ0v) is 19.3. The van der Waals surface area contributed by atoms with Crippen molar-refractivity contribution in [2.45, 2.75) is 52.5 Å². The zero-order valence-electron chi connectivity index (χ0n) is 19.3. The van der Waals surface area contributed by atoms with Crippen molar-refractivity contribution in [3.05, 3.63) is 65.4 Å². The maximum Gasteiger partial charge on any atom is 0.342 e. The van der Waals surface area contributed by atoms with Gasteiger partial charge in [-0.1, -0.05) is 43.7 Å². The fourth-order valence-electron chi connectivity index (χ4n) is 3.84. The highest BCUT2D eigenvalue weighted by atomic mass is 16.3. The molecule has 7 heteroatoms. The van der Waals surface area contributed by atoms with Crippen LogP contribution >= 0.6 is 0 Å². The maximum absolute atomic E-state index is 13.0. The molecule has 0 aliphatic heterocycles. The Kier molecular flexibility index (Phi) is 6.49. The first-order valence-electron chi connectivity index (χ1n) is 11.4. The predicted octanol–water partition coefficient (Wildman–Crippen LogP) is 5.18.